The van der Waals surface area contributed by atoms with Crippen LogP contribution in [-0.2, 0) is 6.54 Å². The molecule has 1 heterocycles. The van der Waals surface area contributed by atoms with Crippen molar-refractivity contribution in [2.24, 2.45) is 0 Å². The predicted molar refractivity (Wildman–Crippen MR) is 67.7 cm³/mol. The third-order valence-electron chi connectivity index (χ3n) is 2.54. The van der Waals surface area contributed by atoms with Gasteiger partial charge in [-0.15, -0.1) is 10.2 Å². The summed E-state index contributed by atoms with van der Waals surface area (Å²) in [6.07, 6.45) is -0.413. The predicted octanol–water partition coefficient (Wildman–Crippen LogP) is 1.69. The van der Waals surface area contributed by atoms with Crippen LogP contribution in [0.5, 0.6) is 0 Å². The maximum absolute atomic E-state index is 12.8. The Hall–Kier alpha value is -1.79. The number of aliphatic hydroxyl groups excluding tert-OH is 1. The summed E-state index contributed by atoms with van der Waals surface area (Å²) in [6, 6.07) is 5.87. The number of aromatic nitrogens is 2. The molecule has 0 aliphatic rings. The van der Waals surface area contributed by atoms with Crippen LogP contribution in [-0.4, -0.2) is 39.9 Å². The van der Waals surface area contributed by atoms with Crippen LogP contribution in [0.25, 0.3) is 11.5 Å². The second-order valence-corrected chi connectivity index (χ2v) is 4.55. The zero-order valence-electron chi connectivity index (χ0n) is 10.9. The number of halogens is 1. The topological polar surface area (TPSA) is 62.4 Å². The van der Waals surface area contributed by atoms with Gasteiger partial charge in [-0.1, -0.05) is 0 Å². The van der Waals surface area contributed by atoms with Crippen LogP contribution in [0.2, 0.25) is 0 Å². The molecule has 5 nitrogen and oxygen atoms in total. The summed E-state index contributed by atoms with van der Waals surface area (Å²) in [4.78, 5) is 1.88. The number of benzene rings is 1. The third kappa shape index (κ3) is 3.84. The molecule has 0 amide bonds. The lowest BCUT2D eigenvalue weighted by Gasteiger charge is -2.15. The number of aliphatic hydroxyl groups is 1. The molecule has 1 atom stereocenters. The molecule has 0 fully saturated rings. The molecule has 0 aliphatic heterocycles. The summed E-state index contributed by atoms with van der Waals surface area (Å²) in [5.41, 5.74) is 0.679. The fraction of sp³-hybridized carbons (Fsp3) is 0.385. The van der Waals surface area contributed by atoms with Crippen LogP contribution >= 0.6 is 0 Å². The van der Waals surface area contributed by atoms with Crippen molar-refractivity contribution in [1.29, 1.82) is 0 Å². The maximum Gasteiger partial charge on any atom is 0.247 e. The molecule has 0 bridgehead atoms. The molecule has 1 aromatic carbocycles. The van der Waals surface area contributed by atoms with Crippen molar-refractivity contribution >= 4 is 0 Å². The minimum atomic E-state index is -0.413. The molecule has 0 saturated carbocycles. The van der Waals surface area contributed by atoms with Gasteiger partial charge in [0.25, 0.3) is 0 Å². The monoisotopic (exact) mass is 265 g/mol. The standard InChI is InChI=1S/C13H16FN3O2/c1-9(18)7-17(2)8-12-15-16-13(19-12)10-3-5-11(14)6-4-10/h3-6,9,18H,7-8H2,1-2H3. The summed E-state index contributed by atoms with van der Waals surface area (Å²) in [6.45, 7) is 2.70. The van der Waals surface area contributed by atoms with Crippen molar-refractivity contribution in [3.63, 3.8) is 0 Å². The van der Waals surface area contributed by atoms with Crippen molar-refractivity contribution in [3.8, 4) is 11.5 Å². The highest BCUT2D eigenvalue weighted by molar-refractivity contribution is 5.51. The molecular formula is C13H16FN3O2. The quantitative estimate of drug-likeness (QED) is 0.891. The Morgan fingerprint density at radius 3 is 2.63 bits per heavy atom. The van der Waals surface area contributed by atoms with E-state index >= 15 is 0 Å². The molecule has 2 aromatic rings. The SMILES string of the molecule is CC(O)CN(C)Cc1nnc(-c2ccc(F)cc2)o1. The number of nitrogens with zero attached hydrogens (tertiary/aromatic N) is 3. The molecule has 6 heteroatoms. The Morgan fingerprint density at radius 2 is 2.00 bits per heavy atom. The Kier molecular flexibility index (Phi) is 4.24. The van der Waals surface area contributed by atoms with Crippen LogP contribution < -0.4 is 0 Å². The smallest absolute Gasteiger partial charge is 0.247 e. The van der Waals surface area contributed by atoms with Gasteiger partial charge in [0.15, 0.2) is 0 Å². The van der Waals surface area contributed by atoms with Crippen LogP contribution in [0.4, 0.5) is 4.39 Å². The Balaban J connectivity index is 2.04. The van der Waals surface area contributed by atoms with Gasteiger partial charge in [-0.3, -0.25) is 4.90 Å². The zero-order valence-corrected chi connectivity index (χ0v) is 10.9. The minimum Gasteiger partial charge on any atom is -0.419 e. The lowest BCUT2D eigenvalue weighted by Crippen LogP contribution is -2.26. The second kappa shape index (κ2) is 5.90. The normalized spacial score (nSPS) is 12.9. The summed E-state index contributed by atoms with van der Waals surface area (Å²) in [5, 5.41) is 17.1. The largest absolute Gasteiger partial charge is 0.419 e. The Bertz CT molecular complexity index is 525. The first kappa shape index (κ1) is 13.6. The highest BCUT2D eigenvalue weighted by Gasteiger charge is 2.11. The van der Waals surface area contributed by atoms with E-state index in [1.165, 1.54) is 12.1 Å². The van der Waals surface area contributed by atoms with Gasteiger partial charge in [-0.05, 0) is 38.2 Å². The molecule has 0 aliphatic carbocycles. The van der Waals surface area contributed by atoms with E-state index in [9.17, 15) is 9.50 Å². The van der Waals surface area contributed by atoms with Gasteiger partial charge in [0.2, 0.25) is 11.8 Å². The summed E-state index contributed by atoms with van der Waals surface area (Å²) in [7, 11) is 1.86. The second-order valence-electron chi connectivity index (χ2n) is 4.55. The van der Waals surface area contributed by atoms with Gasteiger partial charge in [0, 0.05) is 12.1 Å². The highest BCUT2D eigenvalue weighted by atomic mass is 19.1. The van der Waals surface area contributed by atoms with Gasteiger partial charge in [0.05, 0.1) is 12.6 Å². The third-order valence-corrected chi connectivity index (χ3v) is 2.54. The average Bonchev–Trinajstić information content (AvgIpc) is 2.77. The van der Waals surface area contributed by atoms with Crippen molar-refractivity contribution in [3.05, 3.63) is 36.0 Å². The van der Waals surface area contributed by atoms with Crippen molar-refractivity contribution in [2.75, 3.05) is 13.6 Å². The summed E-state index contributed by atoms with van der Waals surface area (Å²) < 4.78 is 18.3. The summed E-state index contributed by atoms with van der Waals surface area (Å²) in [5.74, 6) is 0.517. The van der Waals surface area contributed by atoms with E-state index in [0.717, 1.165) is 0 Å². The first-order valence-electron chi connectivity index (χ1n) is 5.99. The van der Waals surface area contributed by atoms with Crippen LogP contribution in [0, 0.1) is 5.82 Å². The Labute approximate surface area is 110 Å². The van der Waals surface area contributed by atoms with Gasteiger partial charge < -0.3 is 9.52 Å². The molecule has 1 aromatic heterocycles. The average molecular weight is 265 g/mol. The molecular weight excluding hydrogens is 249 g/mol. The van der Waals surface area contributed by atoms with Gasteiger partial charge in [-0.25, -0.2) is 4.39 Å². The number of likely N-dealkylation sites (N-methyl/N-ethyl adjacent to an activating group) is 1. The fourth-order valence-electron chi connectivity index (χ4n) is 1.77. The first-order chi connectivity index (χ1) is 9.04. The molecule has 1 N–H and O–H groups in total. The van der Waals surface area contributed by atoms with Gasteiger partial charge >= 0.3 is 0 Å². The van der Waals surface area contributed by atoms with Crippen molar-refractivity contribution in [2.45, 2.75) is 19.6 Å². The van der Waals surface area contributed by atoms with Crippen LogP contribution in [0.1, 0.15) is 12.8 Å². The molecule has 19 heavy (non-hydrogen) atoms. The number of hydrogen-bond donors (Lipinski definition) is 1. The van der Waals surface area contributed by atoms with Crippen molar-refractivity contribution < 1.29 is 13.9 Å². The van der Waals surface area contributed by atoms with E-state index in [1.54, 1.807) is 19.1 Å². The summed E-state index contributed by atoms with van der Waals surface area (Å²) >= 11 is 0. The van der Waals surface area contributed by atoms with E-state index in [1.807, 2.05) is 11.9 Å². The zero-order chi connectivity index (χ0) is 13.8. The van der Waals surface area contributed by atoms with Gasteiger partial charge in [-0.2, -0.15) is 0 Å². The molecule has 0 spiro atoms. The number of rotatable bonds is 5. The molecule has 102 valence electrons. The lowest BCUT2D eigenvalue weighted by molar-refractivity contribution is 0.133. The van der Waals surface area contributed by atoms with Crippen molar-refractivity contribution in [1.82, 2.24) is 15.1 Å². The minimum absolute atomic E-state index is 0.305. The molecule has 0 radical (unpaired) electrons. The maximum atomic E-state index is 12.8. The van der Waals surface area contributed by atoms with Crippen LogP contribution in [0.3, 0.4) is 0 Å². The van der Waals surface area contributed by atoms with E-state index in [2.05, 4.69) is 10.2 Å². The fourth-order valence-corrected chi connectivity index (χ4v) is 1.77. The van der Waals surface area contributed by atoms with E-state index in [4.69, 9.17) is 4.42 Å². The van der Waals surface area contributed by atoms with Crippen LogP contribution in [0.15, 0.2) is 28.7 Å². The van der Waals surface area contributed by atoms with E-state index < -0.39 is 6.10 Å². The molecule has 1 unspecified atom stereocenters. The molecule has 0 saturated heterocycles. The number of hydrogen-bond acceptors (Lipinski definition) is 5. The van der Waals surface area contributed by atoms with E-state index in [-0.39, 0.29) is 5.82 Å². The van der Waals surface area contributed by atoms with Gasteiger partial charge in [0.1, 0.15) is 5.82 Å². The Morgan fingerprint density at radius 1 is 1.32 bits per heavy atom. The first-order valence-corrected chi connectivity index (χ1v) is 5.99. The highest BCUT2D eigenvalue weighted by Crippen LogP contribution is 2.18. The van der Waals surface area contributed by atoms with E-state index in [0.29, 0.717) is 30.4 Å². The molecule has 2 rings (SSSR count). The lowest BCUT2D eigenvalue weighted by atomic mass is 10.2.